The lowest BCUT2D eigenvalue weighted by Gasteiger charge is -2.27. The van der Waals surface area contributed by atoms with Crippen LogP contribution < -0.4 is 11.0 Å². The normalized spacial score (nSPS) is 24.3. The summed E-state index contributed by atoms with van der Waals surface area (Å²) in [4.78, 5) is 52.7. The summed E-state index contributed by atoms with van der Waals surface area (Å²) >= 11 is 0. The minimum atomic E-state index is -1.30. The molecule has 0 radical (unpaired) electrons. The number of hydroxylamine groups is 2. The van der Waals surface area contributed by atoms with Crippen molar-refractivity contribution in [2.45, 2.75) is 24.9 Å². The number of hydrazone groups is 2. The van der Waals surface area contributed by atoms with Gasteiger partial charge in [0.2, 0.25) is 0 Å². The Kier molecular flexibility index (Phi) is 10.3. The average Bonchev–Trinajstić information content (AvgIpc) is 3.51. The van der Waals surface area contributed by atoms with Crippen LogP contribution in [0.25, 0.3) is 0 Å². The summed E-state index contributed by atoms with van der Waals surface area (Å²) in [6.07, 6.45) is 0. The Labute approximate surface area is 277 Å². The fourth-order valence-corrected chi connectivity index (χ4v) is 5.77. The van der Waals surface area contributed by atoms with Crippen LogP contribution in [-0.2, 0) is 19.1 Å². The van der Waals surface area contributed by atoms with Gasteiger partial charge in [-0.25, -0.2) is 10.0 Å². The topological polar surface area (TPSA) is 189 Å². The van der Waals surface area contributed by atoms with E-state index in [-0.39, 0.29) is 23.6 Å². The van der Waals surface area contributed by atoms with E-state index in [1.165, 1.54) is 24.1 Å². The van der Waals surface area contributed by atoms with Gasteiger partial charge in [-0.1, -0.05) is 24.3 Å². The van der Waals surface area contributed by atoms with Crippen molar-refractivity contribution in [3.63, 3.8) is 0 Å². The molecule has 2 aromatic carbocycles. The zero-order chi connectivity index (χ0) is 34.6. The second kappa shape index (κ2) is 14.3. The smallest absolute Gasteiger partial charge is 0.270 e. The maximum absolute atomic E-state index is 12.4. The molecule has 2 unspecified atom stereocenters. The van der Waals surface area contributed by atoms with Crippen LogP contribution in [0.5, 0.6) is 0 Å². The summed E-state index contributed by atoms with van der Waals surface area (Å²) in [5.74, 6) is -0.800. The highest BCUT2D eigenvalue weighted by Crippen LogP contribution is 2.25. The van der Waals surface area contributed by atoms with Gasteiger partial charge < -0.3 is 29.7 Å². The lowest BCUT2D eigenvalue weighted by molar-refractivity contribution is -0.135. The van der Waals surface area contributed by atoms with Crippen LogP contribution >= 0.6 is 0 Å². The summed E-state index contributed by atoms with van der Waals surface area (Å²) in [5.41, 5.74) is 4.76. The van der Waals surface area contributed by atoms with E-state index in [1.54, 1.807) is 72.2 Å². The highest BCUT2D eigenvalue weighted by Gasteiger charge is 2.47. The number of ether oxygens (including phenoxy) is 2. The highest BCUT2D eigenvalue weighted by atomic mass is 16.5. The third-order valence-corrected chi connectivity index (χ3v) is 8.74. The summed E-state index contributed by atoms with van der Waals surface area (Å²) in [5, 5.41) is 29.6. The fourth-order valence-electron chi connectivity index (χ4n) is 5.77. The number of hydrogen-bond donors (Lipinski definition) is 4. The quantitative estimate of drug-likeness (QED) is 0.310. The van der Waals surface area contributed by atoms with Crippen molar-refractivity contribution in [2.24, 2.45) is 10.2 Å². The second-order valence-electron chi connectivity index (χ2n) is 12.0. The molecule has 4 N–H and O–H groups in total. The van der Waals surface area contributed by atoms with E-state index >= 15 is 0 Å². The molecule has 256 valence electrons. The van der Waals surface area contributed by atoms with Crippen LogP contribution in [0.2, 0.25) is 0 Å². The van der Waals surface area contributed by atoms with Gasteiger partial charge in [-0.3, -0.25) is 19.2 Å². The van der Waals surface area contributed by atoms with Crippen LogP contribution in [0, 0.1) is 0 Å². The summed E-state index contributed by atoms with van der Waals surface area (Å²) in [6, 6.07) is 13.7. The van der Waals surface area contributed by atoms with Crippen molar-refractivity contribution in [3.05, 3.63) is 70.8 Å². The Hall–Kier alpha value is -4.58. The molecule has 0 saturated carbocycles. The van der Waals surface area contributed by atoms with Crippen molar-refractivity contribution in [1.29, 1.82) is 0 Å². The summed E-state index contributed by atoms with van der Waals surface area (Å²) in [7, 11) is 3.06. The molecule has 2 atom stereocenters. The van der Waals surface area contributed by atoms with Gasteiger partial charge in [0.15, 0.2) is 11.1 Å². The number of amides is 4. The van der Waals surface area contributed by atoms with Gasteiger partial charge in [0.25, 0.3) is 23.6 Å². The van der Waals surface area contributed by atoms with E-state index in [1.807, 2.05) is 11.0 Å². The summed E-state index contributed by atoms with van der Waals surface area (Å²) in [6.45, 7) is 7.65. The number of rotatable bonds is 6. The minimum Gasteiger partial charge on any atom is -0.378 e. The fraction of sp³-hybridized carbons (Fsp3) is 0.438. The molecule has 0 aliphatic carbocycles. The van der Waals surface area contributed by atoms with Crippen molar-refractivity contribution in [2.75, 3.05) is 66.7 Å². The molecule has 4 amide bonds. The molecule has 0 spiro atoms. The van der Waals surface area contributed by atoms with Gasteiger partial charge in [0.1, 0.15) is 0 Å². The highest BCUT2D eigenvalue weighted by molar-refractivity contribution is 6.24. The standard InChI is InChI=1S/2C16H20N4O4/c2*1-16(18-23)13(17-19(2)15(16)22)11-3-5-12(6-4-11)14(21)20-7-9-24-10-8-20/h2*3-6,18,23H,7-10H2,1-2H3. The molecular weight excluding hydrogens is 624 g/mol. The largest absolute Gasteiger partial charge is 0.378 e. The first-order chi connectivity index (χ1) is 22.9. The van der Waals surface area contributed by atoms with Gasteiger partial charge in [-0.05, 0) is 38.1 Å². The van der Waals surface area contributed by atoms with E-state index in [0.29, 0.717) is 86.3 Å². The van der Waals surface area contributed by atoms with Gasteiger partial charge in [0, 0.05) is 62.5 Å². The number of carbonyl (C=O) groups is 4. The number of nitrogens with one attached hydrogen (secondary N) is 2. The Morgan fingerprint density at radius 3 is 1.25 bits per heavy atom. The number of carbonyl (C=O) groups excluding carboxylic acids is 4. The van der Waals surface area contributed by atoms with E-state index in [4.69, 9.17) is 9.47 Å². The first-order valence-electron chi connectivity index (χ1n) is 15.5. The Balaban J connectivity index is 0.000000188. The molecule has 0 aromatic heterocycles. The predicted molar refractivity (Wildman–Crippen MR) is 172 cm³/mol. The van der Waals surface area contributed by atoms with Crippen LogP contribution in [-0.4, -0.2) is 143 Å². The van der Waals surface area contributed by atoms with Crippen molar-refractivity contribution >= 4 is 35.1 Å². The van der Waals surface area contributed by atoms with E-state index in [0.717, 1.165) is 0 Å². The van der Waals surface area contributed by atoms with Gasteiger partial charge >= 0.3 is 0 Å². The molecule has 4 aliphatic heterocycles. The molecule has 4 aliphatic rings. The molecule has 16 nitrogen and oxygen atoms in total. The lowest BCUT2D eigenvalue weighted by Crippen LogP contribution is -2.53. The Morgan fingerprint density at radius 1 is 0.646 bits per heavy atom. The van der Waals surface area contributed by atoms with Gasteiger partial charge in [0.05, 0.1) is 37.9 Å². The zero-order valence-electron chi connectivity index (χ0n) is 27.3. The molecule has 48 heavy (non-hydrogen) atoms. The zero-order valence-corrected chi connectivity index (χ0v) is 27.3. The molecule has 2 aromatic rings. The first-order valence-corrected chi connectivity index (χ1v) is 15.5. The molecule has 4 heterocycles. The van der Waals surface area contributed by atoms with Crippen molar-refractivity contribution in [3.8, 4) is 0 Å². The van der Waals surface area contributed by atoms with E-state index in [2.05, 4.69) is 10.2 Å². The number of likely N-dealkylation sites (N-methyl/N-ethyl adjacent to an activating group) is 2. The third-order valence-electron chi connectivity index (χ3n) is 8.74. The SMILES string of the molecule is CN1N=C(c2ccc(C(=O)N3CCOCC3)cc2)C(C)(NO)C1=O.CN1N=C(c2ccc(C(=O)N3CCOCC3)cc2)C(C)(NO)C1=O. The average molecular weight is 665 g/mol. The van der Waals surface area contributed by atoms with E-state index in [9.17, 15) is 29.6 Å². The van der Waals surface area contributed by atoms with Crippen LogP contribution in [0.3, 0.4) is 0 Å². The van der Waals surface area contributed by atoms with Crippen LogP contribution in [0.1, 0.15) is 45.7 Å². The first kappa shape index (κ1) is 34.7. The third kappa shape index (κ3) is 6.58. The maximum atomic E-state index is 12.4. The Morgan fingerprint density at radius 2 is 0.958 bits per heavy atom. The molecule has 6 rings (SSSR count). The number of morpholine rings is 2. The van der Waals surface area contributed by atoms with Gasteiger partial charge in [-0.2, -0.15) is 21.2 Å². The predicted octanol–water partition coefficient (Wildman–Crippen LogP) is 0.145. The minimum absolute atomic E-state index is 0.0468. The summed E-state index contributed by atoms with van der Waals surface area (Å²) < 4.78 is 10.5. The van der Waals surface area contributed by atoms with Crippen molar-refractivity contribution < 1.29 is 39.1 Å². The number of nitrogens with zero attached hydrogens (tertiary/aromatic N) is 6. The van der Waals surface area contributed by atoms with E-state index < -0.39 is 11.1 Å². The molecule has 16 heteroatoms. The molecular formula is C32H40N8O8. The molecule has 2 saturated heterocycles. The van der Waals surface area contributed by atoms with Crippen LogP contribution in [0.15, 0.2) is 58.7 Å². The van der Waals surface area contributed by atoms with Crippen LogP contribution in [0.4, 0.5) is 0 Å². The monoisotopic (exact) mass is 664 g/mol. The number of benzene rings is 2. The second-order valence-corrected chi connectivity index (χ2v) is 12.0. The lowest BCUT2D eigenvalue weighted by atomic mass is 9.91. The maximum Gasteiger partial charge on any atom is 0.270 e. The van der Waals surface area contributed by atoms with Crippen molar-refractivity contribution in [1.82, 2.24) is 30.8 Å². The number of hydrogen-bond acceptors (Lipinski definition) is 12. The molecule has 0 bridgehead atoms. The van der Waals surface area contributed by atoms with Gasteiger partial charge in [-0.15, -0.1) is 0 Å². The molecule has 2 fully saturated rings. The Bertz CT molecular complexity index is 1480.